The summed E-state index contributed by atoms with van der Waals surface area (Å²) in [5.74, 6) is 1.63. The standard InChI is InChI=1S/C19H18N2O4S/c1-23-13-6-4-12(5-7-13)19-21-16(11-26-19)18(22)20-15-10-14(24-2)8-9-17(15)25-3/h4-11H,1-3H3,(H,20,22). The Labute approximate surface area is 155 Å². The van der Waals surface area contributed by atoms with Crippen LogP contribution in [0, 0.1) is 0 Å². The van der Waals surface area contributed by atoms with Crippen LogP contribution < -0.4 is 19.5 Å². The quantitative estimate of drug-likeness (QED) is 0.708. The Morgan fingerprint density at radius 2 is 1.65 bits per heavy atom. The highest BCUT2D eigenvalue weighted by atomic mass is 32.1. The second-order valence-corrected chi connectivity index (χ2v) is 6.14. The summed E-state index contributed by atoms with van der Waals surface area (Å²) in [6.07, 6.45) is 0. The van der Waals surface area contributed by atoms with Gasteiger partial charge in [-0.3, -0.25) is 4.79 Å². The van der Waals surface area contributed by atoms with Crippen molar-refractivity contribution in [2.45, 2.75) is 0 Å². The Balaban J connectivity index is 1.80. The van der Waals surface area contributed by atoms with Crippen LogP contribution in [0.2, 0.25) is 0 Å². The fourth-order valence-electron chi connectivity index (χ4n) is 2.34. The van der Waals surface area contributed by atoms with Crippen molar-refractivity contribution in [2.75, 3.05) is 26.6 Å². The molecule has 0 bridgehead atoms. The highest BCUT2D eigenvalue weighted by Crippen LogP contribution is 2.30. The molecule has 0 aliphatic heterocycles. The molecule has 0 atom stereocenters. The van der Waals surface area contributed by atoms with Gasteiger partial charge in [0.25, 0.3) is 5.91 Å². The number of anilines is 1. The van der Waals surface area contributed by atoms with Crippen LogP contribution in [0.3, 0.4) is 0 Å². The summed E-state index contributed by atoms with van der Waals surface area (Å²) in [6.45, 7) is 0. The number of aromatic nitrogens is 1. The van der Waals surface area contributed by atoms with Gasteiger partial charge in [0.2, 0.25) is 0 Å². The molecule has 134 valence electrons. The molecule has 0 aliphatic rings. The molecule has 0 fully saturated rings. The van der Waals surface area contributed by atoms with Crippen molar-refractivity contribution in [1.29, 1.82) is 0 Å². The molecule has 0 saturated carbocycles. The van der Waals surface area contributed by atoms with Gasteiger partial charge in [0, 0.05) is 17.0 Å². The summed E-state index contributed by atoms with van der Waals surface area (Å²) in [5.41, 5.74) is 1.79. The number of nitrogens with one attached hydrogen (secondary N) is 1. The molecule has 1 heterocycles. The van der Waals surface area contributed by atoms with Gasteiger partial charge in [0.15, 0.2) is 0 Å². The number of carbonyl (C=O) groups is 1. The SMILES string of the molecule is COc1ccc(-c2nc(C(=O)Nc3cc(OC)ccc3OC)cs2)cc1. The molecule has 0 unspecified atom stereocenters. The van der Waals surface area contributed by atoms with E-state index in [1.165, 1.54) is 11.3 Å². The van der Waals surface area contributed by atoms with Crippen LogP contribution in [0.4, 0.5) is 5.69 Å². The summed E-state index contributed by atoms with van der Waals surface area (Å²) < 4.78 is 15.6. The van der Waals surface area contributed by atoms with Crippen LogP contribution in [0.25, 0.3) is 10.6 Å². The lowest BCUT2D eigenvalue weighted by Gasteiger charge is -2.10. The molecule has 0 radical (unpaired) electrons. The summed E-state index contributed by atoms with van der Waals surface area (Å²) in [5, 5.41) is 5.30. The number of hydrogen-bond acceptors (Lipinski definition) is 6. The summed E-state index contributed by atoms with van der Waals surface area (Å²) in [6, 6.07) is 12.7. The first-order valence-corrected chi connectivity index (χ1v) is 8.66. The zero-order chi connectivity index (χ0) is 18.5. The second kappa shape index (κ2) is 7.88. The van der Waals surface area contributed by atoms with Gasteiger partial charge in [-0.25, -0.2) is 4.98 Å². The minimum Gasteiger partial charge on any atom is -0.497 e. The number of amides is 1. The van der Waals surface area contributed by atoms with E-state index in [1.807, 2.05) is 24.3 Å². The Kier molecular flexibility index (Phi) is 5.38. The maximum absolute atomic E-state index is 12.5. The third-order valence-corrected chi connectivity index (χ3v) is 4.62. The molecule has 0 aliphatic carbocycles. The maximum atomic E-state index is 12.5. The molecule has 1 amide bonds. The van der Waals surface area contributed by atoms with Gasteiger partial charge in [-0.2, -0.15) is 0 Å². The lowest BCUT2D eigenvalue weighted by molar-refractivity contribution is 0.102. The molecule has 6 nitrogen and oxygen atoms in total. The second-order valence-electron chi connectivity index (χ2n) is 5.29. The van der Waals surface area contributed by atoms with Gasteiger partial charge < -0.3 is 19.5 Å². The first-order valence-electron chi connectivity index (χ1n) is 7.78. The van der Waals surface area contributed by atoms with E-state index in [4.69, 9.17) is 14.2 Å². The predicted octanol–water partition coefficient (Wildman–Crippen LogP) is 4.09. The fourth-order valence-corrected chi connectivity index (χ4v) is 3.15. The topological polar surface area (TPSA) is 69.7 Å². The predicted molar refractivity (Wildman–Crippen MR) is 102 cm³/mol. The number of hydrogen-bond donors (Lipinski definition) is 1. The average Bonchev–Trinajstić information content (AvgIpc) is 3.18. The number of nitrogens with zero attached hydrogens (tertiary/aromatic N) is 1. The van der Waals surface area contributed by atoms with E-state index in [-0.39, 0.29) is 5.91 Å². The number of benzene rings is 2. The van der Waals surface area contributed by atoms with E-state index < -0.39 is 0 Å². The highest BCUT2D eigenvalue weighted by molar-refractivity contribution is 7.13. The number of ether oxygens (including phenoxy) is 3. The molecule has 1 N–H and O–H groups in total. The van der Waals surface area contributed by atoms with Gasteiger partial charge in [-0.05, 0) is 36.4 Å². The van der Waals surface area contributed by atoms with E-state index in [0.717, 1.165) is 16.3 Å². The van der Waals surface area contributed by atoms with Gasteiger partial charge in [-0.1, -0.05) is 0 Å². The van der Waals surface area contributed by atoms with Crippen molar-refractivity contribution >= 4 is 22.9 Å². The first kappa shape index (κ1) is 17.8. The van der Waals surface area contributed by atoms with Gasteiger partial charge >= 0.3 is 0 Å². The molecule has 0 spiro atoms. The molecular formula is C19H18N2O4S. The van der Waals surface area contributed by atoms with Crippen LogP contribution >= 0.6 is 11.3 Å². The molecule has 3 aromatic rings. The Morgan fingerprint density at radius 1 is 0.962 bits per heavy atom. The van der Waals surface area contributed by atoms with Crippen LogP contribution in [0.5, 0.6) is 17.2 Å². The van der Waals surface area contributed by atoms with E-state index in [0.29, 0.717) is 22.9 Å². The Hall–Kier alpha value is -3.06. The number of thiazole rings is 1. The molecule has 3 rings (SSSR count). The van der Waals surface area contributed by atoms with E-state index in [2.05, 4.69) is 10.3 Å². The summed E-state index contributed by atoms with van der Waals surface area (Å²) in [4.78, 5) is 17.0. The molecule has 7 heteroatoms. The minimum absolute atomic E-state index is 0.312. The van der Waals surface area contributed by atoms with E-state index in [1.54, 1.807) is 44.9 Å². The van der Waals surface area contributed by atoms with Gasteiger partial charge in [-0.15, -0.1) is 11.3 Å². The van der Waals surface area contributed by atoms with Crippen molar-refractivity contribution in [3.05, 3.63) is 53.5 Å². The Bertz CT molecular complexity index is 906. The van der Waals surface area contributed by atoms with Crippen molar-refractivity contribution in [1.82, 2.24) is 4.98 Å². The van der Waals surface area contributed by atoms with Crippen molar-refractivity contribution in [3.63, 3.8) is 0 Å². The number of methoxy groups -OCH3 is 3. The largest absolute Gasteiger partial charge is 0.497 e. The lowest BCUT2D eigenvalue weighted by Crippen LogP contribution is -2.13. The summed E-state index contributed by atoms with van der Waals surface area (Å²) >= 11 is 1.40. The van der Waals surface area contributed by atoms with Crippen molar-refractivity contribution in [2.24, 2.45) is 0 Å². The first-order chi connectivity index (χ1) is 12.6. The van der Waals surface area contributed by atoms with E-state index >= 15 is 0 Å². The normalized spacial score (nSPS) is 10.3. The van der Waals surface area contributed by atoms with E-state index in [9.17, 15) is 4.79 Å². The molecule has 26 heavy (non-hydrogen) atoms. The van der Waals surface area contributed by atoms with Gasteiger partial charge in [0.05, 0.1) is 27.0 Å². The average molecular weight is 370 g/mol. The number of rotatable bonds is 6. The number of carbonyl (C=O) groups excluding carboxylic acids is 1. The molecular weight excluding hydrogens is 352 g/mol. The zero-order valence-electron chi connectivity index (χ0n) is 14.6. The summed E-state index contributed by atoms with van der Waals surface area (Å²) in [7, 11) is 4.73. The van der Waals surface area contributed by atoms with Crippen molar-refractivity contribution < 1.29 is 19.0 Å². The smallest absolute Gasteiger partial charge is 0.275 e. The Morgan fingerprint density at radius 3 is 2.31 bits per heavy atom. The van der Waals surface area contributed by atoms with Crippen LogP contribution in [-0.4, -0.2) is 32.2 Å². The maximum Gasteiger partial charge on any atom is 0.275 e. The monoisotopic (exact) mass is 370 g/mol. The zero-order valence-corrected chi connectivity index (χ0v) is 15.4. The molecule has 2 aromatic carbocycles. The molecule has 1 aromatic heterocycles. The van der Waals surface area contributed by atoms with Gasteiger partial charge in [0.1, 0.15) is 28.0 Å². The van der Waals surface area contributed by atoms with Crippen LogP contribution in [-0.2, 0) is 0 Å². The van der Waals surface area contributed by atoms with Crippen LogP contribution in [0.1, 0.15) is 10.5 Å². The highest BCUT2D eigenvalue weighted by Gasteiger charge is 2.15. The van der Waals surface area contributed by atoms with Crippen LogP contribution in [0.15, 0.2) is 47.8 Å². The lowest BCUT2D eigenvalue weighted by atomic mass is 10.2. The minimum atomic E-state index is -0.312. The third kappa shape index (κ3) is 3.78. The molecule has 0 saturated heterocycles. The third-order valence-electron chi connectivity index (χ3n) is 3.73. The fraction of sp³-hybridized carbons (Fsp3) is 0.158. The van der Waals surface area contributed by atoms with Crippen molar-refractivity contribution in [3.8, 4) is 27.8 Å².